The number of aliphatic hydroxyl groups excluding tert-OH is 4. The monoisotopic (exact) mass is 738 g/mol. The molecule has 286 valence electrons. The first kappa shape index (κ1) is 38.4. The van der Waals surface area contributed by atoms with Gasteiger partial charge in [-0.05, 0) is 55.6 Å². The maximum absolute atomic E-state index is 14.4. The Morgan fingerprint density at radius 2 is 1.62 bits per heavy atom. The van der Waals surface area contributed by atoms with Gasteiger partial charge in [0.25, 0.3) is 0 Å². The van der Waals surface area contributed by atoms with Gasteiger partial charge in [0.15, 0.2) is 34.7 Å². The maximum atomic E-state index is 14.4. The third-order valence-electron chi connectivity index (χ3n) is 11.5. The number of ether oxygens (including phenoxy) is 1. The van der Waals surface area contributed by atoms with Crippen molar-refractivity contribution in [3.63, 3.8) is 0 Å². The molecule has 4 aliphatic rings. The van der Waals surface area contributed by atoms with Gasteiger partial charge in [-0.1, -0.05) is 24.3 Å². The van der Waals surface area contributed by atoms with E-state index in [4.69, 9.17) is 10.5 Å². The summed E-state index contributed by atoms with van der Waals surface area (Å²) in [6.45, 7) is -0.473. The Balaban J connectivity index is 1.33. The number of nitrogens with one attached hydrogen (secondary N) is 1. The molecular weight excluding hydrogens is 692 g/mol. The molecule has 3 aliphatic carbocycles. The summed E-state index contributed by atoms with van der Waals surface area (Å²) in [6, 6.07) is 7.55. The summed E-state index contributed by atoms with van der Waals surface area (Å²) in [4.78, 5) is 71.1. The molecule has 16 nitrogen and oxygen atoms in total. The number of benzene rings is 2. The number of aliphatic hydroxyl groups is 5. The summed E-state index contributed by atoms with van der Waals surface area (Å²) in [5.74, 6) is -11.4. The Labute approximate surface area is 305 Å². The number of nitrogens with zero attached hydrogens (tertiary/aromatic N) is 2. The zero-order chi connectivity index (χ0) is 38.8. The Morgan fingerprint density at radius 3 is 2.23 bits per heavy atom. The number of rotatable bonds is 9. The third-order valence-corrected chi connectivity index (χ3v) is 11.5. The average molecular weight is 739 g/mol. The normalized spacial score (nSPS) is 34.0. The smallest absolute Gasteiger partial charge is 0.235 e. The van der Waals surface area contributed by atoms with Gasteiger partial charge in [-0.3, -0.25) is 28.9 Å². The largest absolute Gasteiger partial charge is 0.505 e. The van der Waals surface area contributed by atoms with E-state index in [1.54, 1.807) is 49.3 Å². The van der Waals surface area contributed by atoms with Gasteiger partial charge in [0.05, 0.1) is 35.9 Å². The lowest BCUT2D eigenvalue weighted by Gasteiger charge is -2.52. The van der Waals surface area contributed by atoms with Gasteiger partial charge < -0.3 is 51.3 Å². The zero-order valence-electron chi connectivity index (χ0n) is 29.8. The fraction of sp³-hybridized carbons (Fsp3) is 0.541. The molecule has 1 heterocycles. The van der Waals surface area contributed by atoms with Gasteiger partial charge in [-0.25, -0.2) is 0 Å². The number of primary amides is 1. The summed E-state index contributed by atoms with van der Waals surface area (Å²) in [7, 11) is 6.55. The minimum atomic E-state index is -2.84. The number of phenolic OH excluding ortho intramolecular Hbond substituents is 1. The van der Waals surface area contributed by atoms with Crippen LogP contribution in [0.3, 0.4) is 0 Å². The van der Waals surface area contributed by atoms with Gasteiger partial charge in [-0.15, -0.1) is 0 Å². The molecule has 53 heavy (non-hydrogen) atoms. The highest BCUT2D eigenvalue weighted by atomic mass is 16.5. The highest BCUT2D eigenvalue weighted by Crippen LogP contribution is 2.53. The predicted molar refractivity (Wildman–Crippen MR) is 187 cm³/mol. The first-order chi connectivity index (χ1) is 24.9. The molecule has 2 saturated carbocycles. The molecule has 2 unspecified atom stereocenters. The van der Waals surface area contributed by atoms with Gasteiger partial charge in [0.2, 0.25) is 5.91 Å². The Kier molecular flexibility index (Phi) is 10.3. The van der Waals surface area contributed by atoms with E-state index < -0.39 is 107 Å². The van der Waals surface area contributed by atoms with Gasteiger partial charge in [0.1, 0.15) is 30.2 Å². The summed E-state index contributed by atoms with van der Waals surface area (Å²) >= 11 is 0. The van der Waals surface area contributed by atoms with Crippen molar-refractivity contribution >= 4 is 40.4 Å². The van der Waals surface area contributed by atoms with Crippen LogP contribution in [0.1, 0.15) is 33.5 Å². The molecule has 16 heteroatoms. The van der Waals surface area contributed by atoms with Crippen LogP contribution in [-0.2, 0) is 43.3 Å². The fourth-order valence-corrected chi connectivity index (χ4v) is 8.87. The number of hydrogen-bond acceptors (Lipinski definition) is 15. The van der Waals surface area contributed by atoms with Gasteiger partial charge in [-0.2, -0.15) is 0 Å². The number of aromatic hydroxyl groups is 1. The number of anilines is 2. The SMILES string of the molecule is CN(C)c1cc(NCc2ccccc2C[C@H]2O[C@@H](CO)[C@@H](O)[C@@H](O)[C@H]2O)c(O)c2c1C[C@H]1C[C@H]3[C@H](N(C)C)C(=O)C(C(N)=O)C(=O)[C@@]3(O)C(=O)C1C2=O. The lowest BCUT2D eigenvalue weighted by molar-refractivity contribution is -0.228. The molecule has 1 amide bonds. The van der Waals surface area contributed by atoms with Crippen LogP contribution in [0, 0.1) is 23.7 Å². The summed E-state index contributed by atoms with van der Waals surface area (Å²) in [5.41, 5.74) is 4.96. The highest BCUT2D eigenvalue weighted by molar-refractivity contribution is 6.32. The van der Waals surface area contributed by atoms with E-state index in [-0.39, 0.29) is 37.1 Å². The van der Waals surface area contributed by atoms with Crippen LogP contribution in [0.2, 0.25) is 0 Å². The molecule has 2 aromatic carbocycles. The number of carbonyl (C=O) groups excluding carboxylic acids is 5. The molecule has 1 aliphatic heterocycles. The molecule has 2 aromatic rings. The molecule has 11 atom stereocenters. The number of hydrogen-bond donors (Lipinski definition) is 8. The molecule has 0 aromatic heterocycles. The van der Waals surface area contributed by atoms with Crippen LogP contribution in [0.25, 0.3) is 0 Å². The van der Waals surface area contributed by atoms with E-state index in [1.165, 1.54) is 19.0 Å². The number of phenols is 1. The molecule has 0 bridgehead atoms. The van der Waals surface area contributed by atoms with E-state index in [0.29, 0.717) is 22.4 Å². The second-order valence-electron chi connectivity index (χ2n) is 15.0. The van der Waals surface area contributed by atoms with Crippen molar-refractivity contribution in [2.75, 3.05) is 45.0 Å². The summed E-state index contributed by atoms with van der Waals surface area (Å²) in [6.07, 6.45) is -6.37. The first-order valence-electron chi connectivity index (χ1n) is 17.5. The average Bonchev–Trinajstić information content (AvgIpc) is 3.09. The number of carbonyl (C=O) groups is 5. The van der Waals surface area contributed by atoms with E-state index in [0.717, 1.165) is 0 Å². The zero-order valence-corrected chi connectivity index (χ0v) is 29.8. The van der Waals surface area contributed by atoms with Crippen molar-refractivity contribution in [2.24, 2.45) is 29.4 Å². The van der Waals surface area contributed by atoms with E-state index >= 15 is 0 Å². The van der Waals surface area contributed by atoms with E-state index in [9.17, 15) is 54.6 Å². The molecule has 9 N–H and O–H groups in total. The lowest BCUT2D eigenvalue weighted by Crippen LogP contribution is -2.74. The van der Waals surface area contributed by atoms with Crippen molar-refractivity contribution in [2.45, 2.75) is 68.0 Å². The quantitative estimate of drug-likeness (QED) is 0.102. The van der Waals surface area contributed by atoms with E-state index in [1.807, 2.05) is 0 Å². The molecule has 0 spiro atoms. The number of amides is 1. The fourth-order valence-electron chi connectivity index (χ4n) is 8.87. The maximum Gasteiger partial charge on any atom is 0.235 e. The number of ketones is 4. The van der Waals surface area contributed by atoms with Crippen LogP contribution in [0.15, 0.2) is 30.3 Å². The standard InChI is InChI=1S/C37H46N4O12/c1-40(2)21-12-20(39-13-16-8-6-5-7-15(16)11-22-29(44)33(48)30(45)23(14-42)53-22)28(43)25-18(21)9-17-10-19-27(41(3)4)32(47)26(36(38)51)35(50)37(19,52)34(49)24(17)31(25)46/h5-8,12,17,19,22-24,26-27,29-30,33,39,42-45,48,52H,9-11,13-14H2,1-4H3,(H2,38,51)/t17-,19-,22+,23-,24?,26?,27-,29-,30+,33-,37-/m0/s1. The third kappa shape index (κ3) is 6.11. The Bertz CT molecular complexity index is 1850. The first-order valence-corrected chi connectivity index (χ1v) is 17.5. The lowest BCUT2D eigenvalue weighted by atomic mass is 9.52. The van der Waals surface area contributed by atoms with Crippen LogP contribution in [0.4, 0.5) is 11.4 Å². The van der Waals surface area contributed by atoms with Crippen molar-refractivity contribution in [3.8, 4) is 5.75 Å². The molecule has 0 radical (unpaired) electrons. The second-order valence-corrected chi connectivity index (χ2v) is 15.0. The summed E-state index contributed by atoms with van der Waals surface area (Å²) in [5, 5.41) is 67.4. The number of likely N-dealkylation sites (N-methyl/N-ethyl adjacent to an activating group) is 1. The van der Waals surface area contributed by atoms with Crippen LogP contribution in [-0.4, -0.2) is 142 Å². The van der Waals surface area contributed by atoms with Gasteiger partial charge in [0, 0.05) is 38.7 Å². The number of Topliss-reactive ketones (excluding diaryl/α,β-unsaturated/α-hetero) is 4. The molecule has 6 rings (SSSR count). The molecule has 1 saturated heterocycles. The van der Waals surface area contributed by atoms with Crippen molar-refractivity contribution in [3.05, 3.63) is 52.6 Å². The Morgan fingerprint density at radius 1 is 0.981 bits per heavy atom. The molecule has 3 fully saturated rings. The van der Waals surface area contributed by atoms with E-state index in [2.05, 4.69) is 5.32 Å². The predicted octanol–water partition coefficient (Wildman–Crippen LogP) is -2.07. The van der Waals surface area contributed by atoms with Crippen molar-refractivity contribution < 1.29 is 59.3 Å². The van der Waals surface area contributed by atoms with Crippen molar-refractivity contribution in [1.82, 2.24) is 4.90 Å². The van der Waals surface area contributed by atoms with Crippen molar-refractivity contribution in [1.29, 1.82) is 0 Å². The topological polar surface area (TPSA) is 260 Å². The number of fused-ring (bicyclic) bond motifs is 3. The van der Waals surface area contributed by atoms with Crippen LogP contribution in [0.5, 0.6) is 5.75 Å². The Hall–Kier alpha value is -4.29. The van der Waals surface area contributed by atoms with Crippen LogP contribution >= 0.6 is 0 Å². The van der Waals surface area contributed by atoms with Crippen LogP contribution < -0.4 is 16.0 Å². The minimum Gasteiger partial charge on any atom is -0.505 e. The van der Waals surface area contributed by atoms with Gasteiger partial charge >= 0.3 is 0 Å². The molecular formula is C37H46N4O12. The summed E-state index contributed by atoms with van der Waals surface area (Å²) < 4.78 is 5.70. The second kappa shape index (κ2) is 14.2. The number of nitrogens with two attached hydrogens (primary N) is 1. The highest BCUT2D eigenvalue weighted by Gasteiger charge is 2.69. The minimum absolute atomic E-state index is 0.0667.